The van der Waals surface area contributed by atoms with Gasteiger partial charge in [-0.05, 0) is 30.3 Å². The minimum absolute atomic E-state index is 0.701. The minimum Gasteiger partial charge on any atom is -0.497 e. The van der Waals surface area contributed by atoms with Crippen molar-refractivity contribution in [3.63, 3.8) is 0 Å². The van der Waals surface area contributed by atoms with Gasteiger partial charge in [-0.15, -0.1) is 0 Å². The van der Waals surface area contributed by atoms with Crippen molar-refractivity contribution in [3.05, 3.63) is 42.2 Å². The average molecular weight is 368 g/mol. The number of pyridine rings is 1. The quantitative estimate of drug-likeness (QED) is 0.746. The maximum Gasteiger partial charge on any atom is 0.137 e. The van der Waals surface area contributed by atoms with Crippen molar-refractivity contribution in [2.45, 2.75) is 6.54 Å². The monoisotopic (exact) mass is 368 g/mol. The highest BCUT2D eigenvalue weighted by Crippen LogP contribution is 2.36. The zero-order valence-electron chi connectivity index (χ0n) is 15.6. The number of ether oxygens (including phenoxy) is 3. The number of nitrogens with two attached hydrogens (primary N) is 1. The number of morpholine rings is 1. The standard InChI is InChI=1S/C20H24N4O3/c1-25-15-4-5-18(26-2)16(11-15)20-17(13-23-7-9-27-10-8-23)24-12-14(21)3-6-19(24)22-20/h3-6,11-12H,7-10,13,21H2,1-2H3. The molecule has 0 aliphatic carbocycles. The molecule has 0 unspecified atom stereocenters. The Morgan fingerprint density at radius 1 is 1.11 bits per heavy atom. The average Bonchev–Trinajstić information content (AvgIpc) is 3.05. The lowest BCUT2D eigenvalue weighted by Crippen LogP contribution is -2.36. The number of methoxy groups -OCH3 is 2. The second-order valence-corrected chi connectivity index (χ2v) is 6.55. The van der Waals surface area contributed by atoms with Gasteiger partial charge in [0.15, 0.2) is 0 Å². The zero-order valence-corrected chi connectivity index (χ0v) is 15.6. The SMILES string of the molecule is COc1ccc(OC)c(-c2nc3ccc(N)cn3c2CN2CCOCC2)c1. The molecule has 0 saturated carbocycles. The van der Waals surface area contributed by atoms with Crippen LogP contribution in [-0.4, -0.2) is 54.8 Å². The van der Waals surface area contributed by atoms with E-state index in [9.17, 15) is 0 Å². The number of aromatic nitrogens is 2. The summed E-state index contributed by atoms with van der Waals surface area (Å²) in [5.41, 5.74) is 10.5. The Balaban J connectivity index is 1.88. The van der Waals surface area contributed by atoms with Crippen LogP contribution in [0.5, 0.6) is 11.5 Å². The molecule has 27 heavy (non-hydrogen) atoms. The Labute approximate surface area is 158 Å². The first-order valence-corrected chi connectivity index (χ1v) is 8.98. The van der Waals surface area contributed by atoms with Crippen molar-refractivity contribution in [3.8, 4) is 22.8 Å². The molecule has 142 valence electrons. The second kappa shape index (κ2) is 7.46. The van der Waals surface area contributed by atoms with E-state index in [0.29, 0.717) is 5.69 Å². The first-order valence-electron chi connectivity index (χ1n) is 8.98. The van der Waals surface area contributed by atoms with Crippen molar-refractivity contribution in [2.24, 2.45) is 0 Å². The van der Waals surface area contributed by atoms with Crippen molar-refractivity contribution < 1.29 is 14.2 Å². The number of rotatable bonds is 5. The van der Waals surface area contributed by atoms with Gasteiger partial charge in [-0.25, -0.2) is 4.98 Å². The van der Waals surface area contributed by atoms with Crippen LogP contribution < -0.4 is 15.2 Å². The molecule has 0 atom stereocenters. The van der Waals surface area contributed by atoms with Crippen molar-refractivity contribution in [1.82, 2.24) is 14.3 Å². The Morgan fingerprint density at radius 2 is 1.93 bits per heavy atom. The smallest absolute Gasteiger partial charge is 0.137 e. The molecule has 7 nitrogen and oxygen atoms in total. The van der Waals surface area contributed by atoms with E-state index >= 15 is 0 Å². The topological polar surface area (TPSA) is 74.2 Å². The summed E-state index contributed by atoms with van der Waals surface area (Å²) < 4.78 is 18.6. The van der Waals surface area contributed by atoms with Crippen LogP contribution in [0.4, 0.5) is 5.69 Å². The Morgan fingerprint density at radius 3 is 2.67 bits per heavy atom. The molecule has 0 bridgehead atoms. The van der Waals surface area contributed by atoms with Crippen molar-refractivity contribution in [1.29, 1.82) is 0 Å². The molecule has 0 amide bonds. The van der Waals surface area contributed by atoms with Crippen LogP contribution in [0.15, 0.2) is 36.5 Å². The molecule has 2 aromatic heterocycles. The van der Waals surface area contributed by atoms with Crippen LogP contribution in [0.1, 0.15) is 5.69 Å². The Kier molecular flexibility index (Phi) is 4.87. The van der Waals surface area contributed by atoms with E-state index in [1.807, 2.05) is 36.5 Å². The van der Waals surface area contributed by atoms with Crippen LogP contribution in [0.2, 0.25) is 0 Å². The first-order chi connectivity index (χ1) is 13.2. The molecule has 0 spiro atoms. The summed E-state index contributed by atoms with van der Waals surface area (Å²) in [5.74, 6) is 1.52. The molecule has 2 N–H and O–H groups in total. The van der Waals surface area contributed by atoms with E-state index in [2.05, 4.69) is 9.30 Å². The van der Waals surface area contributed by atoms with Crippen LogP contribution in [0.3, 0.4) is 0 Å². The van der Waals surface area contributed by atoms with E-state index in [-0.39, 0.29) is 0 Å². The maximum absolute atomic E-state index is 6.05. The Bertz CT molecular complexity index is 948. The fourth-order valence-corrected chi connectivity index (χ4v) is 3.45. The summed E-state index contributed by atoms with van der Waals surface area (Å²) >= 11 is 0. The van der Waals surface area contributed by atoms with Gasteiger partial charge in [0.05, 0.1) is 38.8 Å². The van der Waals surface area contributed by atoms with Crippen molar-refractivity contribution >= 4 is 11.3 Å². The molecular formula is C20H24N4O3. The summed E-state index contributed by atoms with van der Waals surface area (Å²) in [6.45, 7) is 4.03. The number of nitrogen functional groups attached to an aromatic ring is 1. The number of benzene rings is 1. The highest BCUT2D eigenvalue weighted by molar-refractivity contribution is 5.74. The van der Waals surface area contributed by atoms with Gasteiger partial charge in [0, 0.05) is 37.1 Å². The summed E-state index contributed by atoms with van der Waals surface area (Å²) in [4.78, 5) is 7.25. The number of anilines is 1. The summed E-state index contributed by atoms with van der Waals surface area (Å²) in [6, 6.07) is 9.57. The van der Waals surface area contributed by atoms with E-state index in [0.717, 1.165) is 66.9 Å². The predicted octanol–water partition coefficient (Wildman–Crippen LogP) is 2.43. The van der Waals surface area contributed by atoms with E-state index < -0.39 is 0 Å². The highest BCUT2D eigenvalue weighted by Gasteiger charge is 2.21. The third kappa shape index (κ3) is 3.43. The molecule has 4 rings (SSSR count). The first kappa shape index (κ1) is 17.6. The fraction of sp³-hybridized carbons (Fsp3) is 0.350. The molecular weight excluding hydrogens is 344 g/mol. The lowest BCUT2D eigenvalue weighted by Gasteiger charge is -2.26. The third-order valence-corrected chi connectivity index (χ3v) is 4.88. The third-order valence-electron chi connectivity index (χ3n) is 4.88. The summed E-state index contributed by atoms with van der Waals surface area (Å²) in [6.07, 6.45) is 1.92. The molecule has 1 aliphatic heterocycles. The molecule has 3 heterocycles. The van der Waals surface area contributed by atoms with Gasteiger partial charge >= 0.3 is 0 Å². The molecule has 3 aromatic rings. The van der Waals surface area contributed by atoms with Gasteiger partial charge in [-0.1, -0.05) is 0 Å². The van der Waals surface area contributed by atoms with Gasteiger partial charge in [-0.2, -0.15) is 0 Å². The largest absolute Gasteiger partial charge is 0.497 e. The normalized spacial score (nSPS) is 15.2. The minimum atomic E-state index is 0.701. The summed E-state index contributed by atoms with van der Waals surface area (Å²) in [7, 11) is 3.32. The van der Waals surface area contributed by atoms with Crippen LogP contribution >= 0.6 is 0 Å². The van der Waals surface area contributed by atoms with E-state index in [1.54, 1.807) is 14.2 Å². The number of hydrogen-bond donors (Lipinski definition) is 1. The second-order valence-electron chi connectivity index (χ2n) is 6.55. The molecule has 1 aromatic carbocycles. The van der Waals surface area contributed by atoms with Gasteiger partial charge < -0.3 is 24.3 Å². The maximum atomic E-state index is 6.05. The van der Waals surface area contributed by atoms with Crippen molar-refractivity contribution in [2.75, 3.05) is 46.3 Å². The summed E-state index contributed by atoms with van der Waals surface area (Å²) in [5, 5.41) is 0. The predicted molar refractivity (Wildman–Crippen MR) is 104 cm³/mol. The zero-order chi connectivity index (χ0) is 18.8. The van der Waals surface area contributed by atoms with Crippen LogP contribution in [-0.2, 0) is 11.3 Å². The molecule has 7 heteroatoms. The Hall–Kier alpha value is -2.77. The number of nitrogens with zero attached hydrogens (tertiary/aromatic N) is 3. The fourth-order valence-electron chi connectivity index (χ4n) is 3.45. The lowest BCUT2D eigenvalue weighted by molar-refractivity contribution is 0.0336. The van der Waals surface area contributed by atoms with E-state index in [1.165, 1.54) is 0 Å². The molecule has 1 saturated heterocycles. The molecule has 1 aliphatic rings. The number of hydrogen-bond acceptors (Lipinski definition) is 6. The van der Waals surface area contributed by atoms with Gasteiger partial charge in [0.2, 0.25) is 0 Å². The van der Waals surface area contributed by atoms with Gasteiger partial charge in [0.1, 0.15) is 17.1 Å². The number of fused-ring (bicyclic) bond motifs is 1. The highest BCUT2D eigenvalue weighted by atomic mass is 16.5. The van der Waals surface area contributed by atoms with Crippen LogP contribution in [0, 0.1) is 0 Å². The van der Waals surface area contributed by atoms with Crippen LogP contribution in [0.25, 0.3) is 16.9 Å². The lowest BCUT2D eigenvalue weighted by atomic mass is 10.1. The van der Waals surface area contributed by atoms with Gasteiger partial charge in [-0.3, -0.25) is 4.90 Å². The van der Waals surface area contributed by atoms with E-state index in [4.69, 9.17) is 24.9 Å². The molecule has 1 fully saturated rings. The van der Waals surface area contributed by atoms with Gasteiger partial charge in [0.25, 0.3) is 0 Å². The number of imidazole rings is 1. The molecule has 0 radical (unpaired) electrons.